The summed E-state index contributed by atoms with van der Waals surface area (Å²) in [6.07, 6.45) is -0.0315. The molecule has 1 aromatic heterocycles. The van der Waals surface area contributed by atoms with Crippen molar-refractivity contribution in [2.24, 2.45) is 0 Å². The Morgan fingerprint density at radius 1 is 1.20 bits per heavy atom. The zero-order chi connectivity index (χ0) is 18.4. The van der Waals surface area contributed by atoms with Gasteiger partial charge in [-0.15, -0.1) is 11.3 Å². The van der Waals surface area contributed by atoms with Gasteiger partial charge in [0.25, 0.3) is 0 Å². The topological polar surface area (TPSA) is 22.1 Å². The number of halogens is 2. The lowest BCUT2D eigenvalue weighted by atomic mass is 9.92. The fraction of sp³-hybridized carbons (Fsp3) is 0.350. The van der Waals surface area contributed by atoms with Crippen LogP contribution < -0.4 is 0 Å². The molecule has 25 heavy (non-hydrogen) atoms. The fourth-order valence-corrected chi connectivity index (χ4v) is 4.85. The van der Waals surface area contributed by atoms with E-state index in [2.05, 4.69) is 73.7 Å². The Labute approximate surface area is 166 Å². The van der Waals surface area contributed by atoms with Crippen LogP contribution in [0.1, 0.15) is 44.9 Å². The highest BCUT2D eigenvalue weighted by atomic mass is 79.9. The zero-order valence-corrected chi connectivity index (χ0v) is 18.1. The summed E-state index contributed by atoms with van der Waals surface area (Å²) in [4.78, 5) is 4.62. The zero-order valence-electron chi connectivity index (χ0n) is 15.0. The maximum Gasteiger partial charge on any atom is 0.160 e. The average Bonchev–Trinajstić information content (AvgIpc) is 2.84. The highest BCUT2D eigenvalue weighted by Gasteiger charge is 2.24. The van der Waals surface area contributed by atoms with Crippen LogP contribution in [0.5, 0.6) is 0 Å². The Hall–Kier alpha value is -0.940. The van der Waals surface area contributed by atoms with Crippen LogP contribution in [0.4, 0.5) is 0 Å². The second kappa shape index (κ2) is 6.99. The number of fused-ring (bicyclic) bond motifs is 1. The minimum Gasteiger partial charge on any atom is -0.368 e. The number of hydrogen-bond donors (Lipinski definition) is 0. The molecule has 0 bridgehead atoms. The standard InChI is InChI=1S/C20H21BrClNOS/c1-11-10-15-18(25-19(21)23-15)17(13-6-8-14(22)9-7-13)16(11)12(2)24-20(3,4)5/h6-10,12H,1-5H3/t12-/m0/s1. The Balaban J connectivity index is 2.29. The molecule has 132 valence electrons. The summed E-state index contributed by atoms with van der Waals surface area (Å²) in [6, 6.07) is 10.1. The van der Waals surface area contributed by atoms with Crippen molar-refractivity contribution in [2.75, 3.05) is 0 Å². The number of aryl methyl sites for hydroxylation is 1. The van der Waals surface area contributed by atoms with Gasteiger partial charge in [0.05, 0.1) is 21.9 Å². The minimum atomic E-state index is -0.216. The van der Waals surface area contributed by atoms with Crippen molar-refractivity contribution in [2.45, 2.75) is 46.3 Å². The third-order valence-electron chi connectivity index (χ3n) is 3.97. The Bertz CT molecular complexity index is 912. The van der Waals surface area contributed by atoms with Crippen LogP contribution in [0.3, 0.4) is 0 Å². The van der Waals surface area contributed by atoms with Crippen molar-refractivity contribution in [1.82, 2.24) is 4.98 Å². The average molecular weight is 439 g/mol. The molecule has 5 heteroatoms. The summed E-state index contributed by atoms with van der Waals surface area (Å²) in [6.45, 7) is 10.5. The number of rotatable bonds is 3. The lowest BCUT2D eigenvalue weighted by Crippen LogP contribution is -2.22. The predicted molar refractivity (Wildman–Crippen MR) is 112 cm³/mol. The molecule has 0 aliphatic heterocycles. The monoisotopic (exact) mass is 437 g/mol. The molecular weight excluding hydrogens is 418 g/mol. The van der Waals surface area contributed by atoms with Gasteiger partial charge in [-0.25, -0.2) is 4.98 Å². The molecule has 3 rings (SSSR count). The predicted octanol–water partition coefficient (Wildman–Crippen LogP) is 7.56. The summed E-state index contributed by atoms with van der Waals surface area (Å²) in [5.41, 5.74) is 5.51. The van der Waals surface area contributed by atoms with E-state index >= 15 is 0 Å². The molecule has 2 aromatic carbocycles. The number of thiazole rings is 1. The van der Waals surface area contributed by atoms with Gasteiger partial charge in [0, 0.05) is 10.6 Å². The van der Waals surface area contributed by atoms with Crippen molar-refractivity contribution in [3.8, 4) is 11.1 Å². The molecule has 0 saturated heterocycles. The third kappa shape index (κ3) is 4.08. The number of benzene rings is 2. The molecule has 0 N–H and O–H groups in total. The van der Waals surface area contributed by atoms with Crippen molar-refractivity contribution >= 4 is 49.1 Å². The summed E-state index contributed by atoms with van der Waals surface area (Å²) in [7, 11) is 0. The first-order chi connectivity index (χ1) is 11.7. The van der Waals surface area contributed by atoms with Gasteiger partial charge in [-0.1, -0.05) is 23.7 Å². The van der Waals surface area contributed by atoms with Gasteiger partial charge in [0.15, 0.2) is 3.92 Å². The maximum absolute atomic E-state index is 6.29. The molecule has 0 fully saturated rings. The summed E-state index contributed by atoms with van der Waals surface area (Å²) >= 11 is 11.3. The summed E-state index contributed by atoms with van der Waals surface area (Å²) < 4.78 is 8.35. The molecular formula is C20H21BrClNOS. The van der Waals surface area contributed by atoms with E-state index < -0.39 is 0 Å². The van der Waals surface area contributed by atoms with E-state index in [1.807, 2.05) is 12.1 Å². The minimum absolute atomic E-state index is 0.0315. The second-order valence-electron chi connectivity index (χ2n) is 7.18. The van der Waals surface area contributed by atoms with Gasteiger partial charge >= 0.3 is 0 Å². The first-order valence-corrected chi connectivity index (χ1v) is 10.2. The van der Waals surface area contributed by atoms with Crippen LogP contribution in [-0.2, 0) is 4.74 Å². The third-order valence-corrected chi connectivity index (χ3v) is 5.76. The quantitative estimate of drug-likeness (QED) is 0.421. The largest absolute Gasteiger partial charge is 0.368 e. The van der Waals surface area contributed by atoms with Gasteiger partial charge in [-0.05, 0) is 85.4 Å². The number of ether oxygens (including phenoxy) is 1. The number of hydrogen-bond acceptors (Lipinski definition) is 3. The van der Waals surface area contributed by atoms with E-state index in [1.54, 1.807) is 11.3 Å². The summed E-state index contributed by atoms with van der Waals surface area (Å²) in [5.74, 6) is 0. The Kier molecular flexibility index (Phi) is 5.27. The van der Waals surface area contributed by atoms with Crippen LogP contribution in [0.15, 0.2) is 34.2 Å². The first-order valence-electron chi connectivity index (χ1n) is 8.19. The van der Waals surface area contributed by atoms with Gasteiger partial charge in [0.2, 0.25) is 0 Å². The second-order valence-corrected chi connectivity index (χ2v) is 9.89. The van der Waals surface area contributed by atoms with E-state index in [-0.39, 0.29) is 11.7 Å². The maximum atomic E-state index is 6.29. The van der Waals surface area contributed by atoms with Crippen LogP contribution in [0.25, 0.3) is 21.3 Å². The lowest BCUT2D eigenvalue weighted by molar-refractivity contribution is -0.0529. The number of aromatic nitrogens is 1. The molecule has 0 spiro atoms. The fourth-order valence-electron chi connectivity index (χ4n) is 3.20. The Morgan fingerprint density at radius 2 is 1.84 bits per heavy atom. The highest BCUT2D eigenvalue weighted by Crippen LogP contribution is 2.43. The lowest BCUT2D eigenvalue weighted by Gasteiger charge is -2.28. The SMILES string of the molecule is Cc1cc2nc(Br)sc2c(-c2ccc(Cl)cc2)c1[C@H](C)OC(C)(C)C. The van der Waals surface area contributed by atoms with Crippen molar-refractivity contribution in [3.63, 3.8) is 0 Å². The van der Waals surface area contributed by atoms with Crippen LogP contribution in [0, 0.1) is 6.92 Å². The van der Waals surface area contributed by atoms with E-state index in [9.17, 15) is 0 Å². The Morgan fingerprint density at radius 3 is 2.44 bits per heavy atom. The molecule has 0 radical (unpaired) electrons. The first kappa shape index (κ1) is 18.8. The van der Waals surface area contributed by atoms with E-state index in [0.717, 1.165) is 20.0 Å². The molecule has 0 amide bonds. The normalized spacial score (nSPS) is 13.4. The van der Waals surface area contributed by atoms with Crippen molar-refractivity contribution in [3.05, 3.63) is 50.4 Å². The van der Waals surface area contributed by atoms with E-state index in [0.29, 0.717) is 0 Å². The molecule has 0 aliphatic rings. The molecule has 2 nitrogen and oxygen atoms in total. The van der Waals surface area contributed by atoms with Gasteiger partial charge in [-0.2, -0.15) is 0 Å². The van der Waals surface area contributed by atoms with Crippen molar-refractivity contribution < 1.29 is 4.74 Å². The molecule has 1 atom stereocenters. The molecule has 1 heterocycles. The van der Waals surface area contributed by atoms with Crippen LogP contribution in [-0.4, -0.2) is 10.6 Å². The van der Waals surface area contributed by atoms with Crippen LogP contribution in [0.2, 0.25) is 5.02 Å². The highest BCUT2D eigenvalue weighted by molar-refractivity contribution is 9.11. The van der Waals surface area contributed by atoms with Gasteiger partial charge < -0.3 is 4.74 Å². The van der Waals surface area contributed by atoms with Gasteiger partial charge in [-0.3, -0.25) is 0 Å². The smallest absolute Gasteiger partial charge is 0.160 e. The molecule has 0 unspecified atom stereocenters. The van der Waals surface area contributed by atoms with Crippen molar-refractivity contribution in [1.29, 1.82) is 0 Å². The van der Waals surface area contributed by atoms with Gasteiger partial charge in [0.1, 0.15) is 0 Å². The molecule has 0 aliphatic carbocycles. The number of nitrogens with zero attached hydrogens (tertiary/aromatic N) is 1. The molecule has 0 saturated carbocycles. The van der Waals surface area contributed by atoms with E-state index in [1.165, 1.54) is 21.4 Å². The summed E-state index contributed by atoms with van der Waals surface area (Å²) in [5, 5.41) is 0.735. The molecule has 3 aromatic rings. The van der Waals surface area contributed by atoms with Crippen LogP contribution >= 0.6 is 38.9 Å². The van der Waals surface area contributed by atoms with E-state index in [4.69, 9.17) is 16.3 Å².